The minimum absolute atomic E-state index is 0.906. The van der Waals surface area contributed by atoms with Crippen LogP contribution in [0.25, 0.3) is 0 Å². The van der Waals surface area contributed by atoms with E-state index in [1.165, 1.54) is 6.42 Å². The molecule has 0 nitrogen and oxygen atoms in total. The van der Waals surface area contributed by atoms with Gasteiger partial charge < -0.3 is 0 Å². The molecule has 0 aromatic carbocycles. The zero-order valence-corrected chi connectivity index (χ0v) is 8.22. The van der Waals surface area contributed by atoms with Crippen LogP contribution in [-0.2, 0) is 0 Å². The Kier molecular flexibility index (Phi) is 4.19. The molecule has 0 aliphatic carbocycles. The van der Waals surface area contributed by atoms with E-state index in [1.807, 2.05) is 0 Å². The third-order valence-electron chi connectivity index (χ3n) is 1.24. The molecule has 0 spiro atoms. The van der Waals surface area contributed by atoms with E-state index in [2.05, 4.69) is 20.8 Å². The topological polar surface area (TPSA) is 0 Å². The van der Waals surface area contributed by atoms with Crippen molar-refractivity contribution < 1.29 is 0 Å². The van der Waals surface area contributed by atoms with Gasteiger partial charge in [-0.05, 0) is 0 Å². The molecule has 1 atom stereocenters. The summed E-state index contributed by atoms with van der Waals surface area (Å²) in [5.74, 6) is 0.906. The monoisotopic (exact) mass is 205 g/mol. The second-order valence-electron chi connectivity index (χ2n) is 2.26. The molecule has 1 heteroatoms. The van der Waals surface area contributed by atoms with E-state index in [1.54, 1.807) is 22.5 Å². The molecule has 3 radical (unpaired) electrons. The molecule has 0 rings (SSSR count). The first-order valence-corrected chi connectivity index (χ1v) is 4.54. The summed E-state index contributed by atoms with van der Waals surface area (Å²) in [6, 6.07) is 0. The summed E-state index contributed by atoms with van der Waals surface area (Å²) in [6.07, 6.45) is 1.36. The fraction of sp³-hybridized carbons (Fsp3) is 1.00. The molecule has 0 aliphatic heterocycles. The van der Waals surface area contributed by atoms with Crippen molar-refractivity contribution >= 4 is 22.5 Å². The van der Waals surface area contributed by atoms with Gasteiger partial charge in [0.15, 0.2) is 0 Å². The fourth-order valence-electron chi connectivity index (χ4n) is 0.471. The summed E-state index contributed by atoms with van der Waals surface area (Å²) in [5, 5.41) is 0. The van der Waals surface area contributed by atoms with Gasteiger partial charge >= 0.3 is 59.6 Å². The number of hydrogen-bond donors (Lipinski definition) is 0. The van der Waals surface area contributed by atoms with Gasteiger partial charge in [-0.2, -0.15) is 0 Å². The summed E-state index contributed by atoms with van der Waals surface area (Å²) < 4.78 is 0.993. The predicted octanol–water partition coefficient (Wildman–Crippen LogP) is 2.01. The average molecular weight is 204 g/mol. The molecule has 0 aliphatic rings. The first-order chi connectivity index (χ1) is 3.18. The van der Waals surface area contributed by atoms with E-state index < -0.39 is 0 Å². The molecule has 0 fully saturated rings. The predicted molar refractivity (Wildman–Crippen MR) is 34.6 cm³/mol. The summed E-state index contributed by atoms with van der Waals surface area (Å²) in [4.78, 5) is 0. The number of rotatable bonds is 2. The normalized spacial score (nSPS) is 15.0. The van der Waals surface area contributed by atoms with Crippen molar-refractivity contribution in [1.82, 2.24) is 0 Å². The molecule has 0 bridgehead atoms. The van der Waals surface area contributed by atoms with Crippen LogP contribution in [0.5, 0.6) is 0 Å². The van der Waals surface area contributed by atoms with Gasteiger partial charge in [-0.25, -0.2) is 0 Å². The van der Waals surface area contributed by atoms with E-state index in [9.17, 15) is 0 Å². The van der Waals surface area contributed by atoms with E-state index in [-0.39, 0.29) is 0 Å². The van der Waals surface area contributed by atoms with Gasteiger partial charge in [0.05, 0.1) is 0 Å². The van der Waals surface area contributed by atoms with Crippen LogP contribution in [-0.4, -0.2) is 22.5 Å². The Hall–Kier alpha value is 0.799. The molecule has 0 saturated heterocycles. The summed E-state index contributed by atoms with van der Waals surface area (Å²) in [7, 11) is 0. The zero-order valence-electron chi connectivity index (χ0n) is 5.36. The molecular formula is C6H13Sn. The molecule has 1 unspecified atom stereocenters. The summed E-state index contributed by atoms with van der Waals surface area (Å²) >= 11 is 1.70. The van der Waals surface area contributed by atoms with Crippen molar-refractivity contribution in [3.8, 4) is 0 Å². The van der Waals surface area contributed by atoms with Crippen LogP contribution in [0.3, 0.4) is 0 Å². The summed E-state index contributed by atoms with van der Waals surface area (Å²) in [6.45, 7) is 6.85. The Labute approximate surface area is 59.8 Å². The molecule has 41 valence electrons. The Bertz CT molecular complexity index is 41.4. The van der Waals surface area contributed by atoms with Gasteiger partial charge in [-0.3, -0.25) is 0 Å². The second kappa shape index (κ2) is 3.76. The standard InChI is InChI=1S/C6H13.Sn/c1-4-5-6(2)3;/h5-6H,4H2,1-3H3;. The van der Waals surface area contributed by atoms with Crippen LogP contribution < -0.4 is 0 Å². The van der Waals surface area contributed by atoms with Gasteiger partial charge in [-0.1, -0.05) is 0 Å². The van der Waals surface area contributed by atoms with Crippen LogP contribution in [0, 0.1) is 5.92 Å². The van der Waals surface area contributed by atoms with Crippen LogP contribution in [0.2, 0.25) is 3.93 Å². The second-order valence-corrected chi connectivity index (χ2v) is 4.38. The Morgan fingerprint density at radius 2 is 1.86 bits per heavy atom. The molecule has 0 heterocycles. The molecule has 7 heavy (non-hydrogen) atoms. The molecule has 0 saturated carbocycles. The van der Waals surface area contributed by atoms with Crippen LogP contribution in [0.1, 0.15) is 27.2 Å². The van der Waals surface area contributed by atoms with Gasteiger partial charge in [0.2, 0.25) is 0 Å². The Morgan fingerprint density at radius 1 is 1.43 bits per heavy atom. The summed E-state index contributed by atoms with van der Waals surface area (Å²) in [5.41, 5.74) is 0. The van der Waals surface area contributed by atoms with Gasteiger partial charge in [0.1, 0.15) is 0 Å². The quantitative estimate of drug-likeness (QED) is 0.603. The van der Waals surface area contributed by atoms with Gasteiger partial charge in [0.25, 0.3) is 0 Å². The zero-order chi connectivity index (χ0) is 5.86. The van der Waals surface area contributed by atoms with E-state index in [4.69, 9.17) is 0 Å². The van der Waals surface area contributed by atoms with Crippen molar-refractivity contribution in [2.24, 2.45) is 5.92 Å². The van der Waals surface area contributed by atoms with Crippen molar-refractivity contribution in [3.63, 3.8) is 0 Å². The fourth-order valence-corrected chi connectivity index (χ4v) is 0.471. The maximum absolute atomic E-state index is 2.29. The third-order valence-corrected chi connectivity index (χ3v) is 4.31. The van der Waals surface area contributed by atoms with Crippen LogP contribution in [0.15, 0.2) is 0 Å². The molecule has 0 aromatic rings. The van der Waals surface area contributed by atoms with Crippen molar-refractivity contribution in [2.45, 2.75) is 31.1 Å². The Balaban J connectivity index is 3.14. The van der Waals surface area contributed by atoms with Crippen molar-refractivity contribution in [3.05, 3.63) is 0 Å². The van der Waals surface area contributed by atoms with E-state index in [0.717, 1.165) is 9.85 Å². The SMILES string of the molecule is CC[CH]([Sn])C(C)C. The molecule has 0 N–H and O–H groups in total. The maximum atomic E-state index is 2.29. The first kappa shape index (κ1) is 7.80. The van der Waals surface area contributed by atoms with Crippen molar-refractivity contribution in [1.29, 1.82) is 0 Å². The minimum atomic E-state index is 0.906. The third kappa shape index (κ3) is 3.39. The molecule has 0 aromatic heterocycles. The van der Waals surface area contributed by atoms with Crippen LogP contribution >= 0.6 is 0 Å². The first-order valence-electron chi connectivity index (χ1n) is 2.89. The molecular weight excluding hydrogens is 191 g/mol. The van der Waals surface area contributed by atoms with Crippen LogP contribution in [0.4, 0.5) is 0 Å². The van der Waals surface area contributed by atoms with E-state index in [0.29, 0.717) is 0 Å². The number of hydrogen-bond acceptors (Lipinski definition) is 0. The van der Waals surface area contributed by atoms with Crippen molar-refractivity contribution in [2.75, 3.05) is 0 Å². The average Bonchev–Trinajstić information content (AvgIpc) is 1.65. The Morgan fingerprint density at radius 3 is 1.86 bits per heavy atom. The van der Waals surface area contributed by atoms with Gasteiger partial charge in [-0.15, -0.1) is 0 Å². The molecule has 0 amide bonds. The van der Waals surface area contributed by atoms with Gasteiger partial charge in [0, 0.05) is 0 Å². The van der Waals surface area contributed by atoms with E-state index >= 15 is 0 Å².